The highest BCUT2D eigenvalue weighted by atomic mass is 127. The molecule has 1 aromatic carbocycles. The van der Waals surface area contributed by atoms with Crippen LogP contribution in [-0.4, -0.2) is 16.3 Å². The number of nitro benzene ring substituents is 1. The van der Waals surface area contributed by atoms with Crippen LogP contribution in [0.1, 0.15) is 5.56 Å². The summed E-state index contributed by atoms with van der Waals surface area (Å²) >= 11 is 6.44. The highest BCUT2D eigenvalue weighted by Gasteiger charge is 2.13. The average molecular weight is 350 g/mol. The van der Waals surface area contributed by atoms with Crippen molar-refractivity contribution in [3.8, 4) is 0 Å². The lowest BCUT2D eigenvalue weighted by molar-refractivity contribution is -0.385. The van der Waals surface area contributed by atoms with Crippen molar-refractivity contribution < 1.29 is 4.92 Å². The van der Waals surface area contributed by atoms with Gasteiger partial charge in [0.15, 0.2) is 5.11 Å². The van der Waals surface area contributed by atoms with Crippen LogP contribution in [0.2, 0.25) is 0 Å². The van der Waals surface area contributed by atoms with Crippen molar-refractivity contribution in [2.24, 2.45) is 10.8 Å². The van der Waals surface area contributed by atoms with Crippen LogP contribution in [0.15, 0.2) is 23.3 Å². The van der Waals surface area contributed by atoms with Crippen molar-refractivity contribution >= 4 is 51.8 Å². The summed E-state index contributed by atoms with van der Waals surface area (Å²) in [5, 5.41) is 14.4. The van der Waals surface area contributed by atoms with Crippen LogP contribution in [-0.2, 0) is 0 Å². The van der Waals surface area contributed by atoms with Crippen molar-refractivity contribution in [3.63, 3.8) is 0 Å². The summed E-state index contributed by atoms with van der Waals surface area (Å²) in [6, 6.07) is 4.72. The Kier molecular flexibility index (Phi) is 4.55. The summed E-state index contributed by atoms with van der Waals surface area (Å²) < 4.78 is 0.513. The third-order valence-corrected chi connectivity index (χ3v) is 2.85. The number of hydrogen-bond acceptors (Lipinski definition) is 4. The van der Waals surface area contributed by atoms with Crippen molar-refractivity contribution in [3.05, 3.63) is 37.4 Å². The van der Waals surface area contributed by atoms with E-state index in [1.807, 2.05) is 22.6 Å². The average Bonchev–Trinajstić information content (AvgIpc) is 2.19. The number of thiocarbonyl (C=S) groups is 1. The normalized spacial score (nSPS) is 10.3. The zero-order valence-corrected chi connectivity index (χ0v) is 10.9. The van der Waals surface area contributed by atoms with Crippen LogP contribution in [0.5, 0.6) is 0 Å². The van der Waals surface area contributed by atoms with Crippen molar-refractivity contribution in [2.75, 3.05) is 0 Å². The van der Waals surface area contributed by atoms with E-state index in [0.717, 1.165) is 0 Å². The van der Waals surface area contributed by atoms with E-state index in [1.54, 1.807) is 12.1 Å². The number of benzene rings is 1. The number of rotatable bonds is 3. The molecular weight excluding hydrogens is 343 g/mol. The maximum atomic E-state index is 10.7. The fraction of sp³-hybridized carbons (Fsp3) is 0. The topological polar surface area (TPSA) is 93.5 Å². The first-order chi connectivity index (χ1) is 7.52. The van der Waals surface area contributed by atoms with E-state index in [2.05, 4.69) is 22.7 Å². The fourth-order valence-electron chi connectivity index (χ4n) is 0.943. The molecule has 0 spiro atoms. The lowest BCUT2D eigenvalue weighted by atomic mass is 10.2. The number of hydrogen-bond donors (Lipinski definition) is 2. The number of halogens is 1. The molecule has 0 aliphatic rings. The zero-order chi connectivity index (χ0) is 12.1. The smallest absolute Gasteiger partial charge is 0.283 e. The van der Waals surface area contributed by atoms with Gasteiger partial charge in [-0.15, -0.1) is 0 Å². The molecule has 0 atom stereocenters. The minimum atomic E-state index is -0.444. The Morgan fingerprint density at radius 2 is 2.38 bits per heavy atom. The molecule has 3 N–H and O–H groups in total. The van der Waals surface area contributed by atoms with Crippen molar-refractivity contribution in [1.29, 1.82) is 0 Å². The molecule has 0 saturated heterocycles. The molecule has 0 bridgehead atoms. The van der Waals surface area contributed by atoms with Gasteiger partial charge in [0.1, 0.15) is 0 Å². The Labute approximate surface area is 110 Å². The Morgan fingerprint density at radius 1 is 1.69 bits per heavy atom. The molecule has 0 unspecified atom stereocenters. The van der Waals surface area contributed by atoms with E-state index in [0.29, 0.717) is 9.13 Å². The Morgan fingerprint density at radius 3 is 2.94 bits per heavy atom. The monoisotopic (exact) mass is 350 g/mol. The van der Waals surface area contributed by atoms with Crippen molar-refractivity contribution in [1.82, 2.24) is 5.43 Å². The quantitative estimate of drug-likeness (QED) is 0.282. The largest absolute Gasteiger partial charge is 0.375 e. The van der Waals surface area contributed by atoms with Gasteiger partial charge in [0.05, 0.1) is 14.7 Å². The van der Waals surface area contributed by atoms with E-state index in [1.165, 1.54) is 12.3 Å². The van der Waals surface area contributed by atoms with Crippen LogP contribution in [0, 0.1) is 13.7 Å². The minimum Gasteiger partial charge on any atom is -0.375 e. The minimum absolute atomic E-state index is 0.0386. The van der Waals surface area contributed by atoms with Gasteiger partial charge in [-0.05, 0) is 34.8 Å². The second kappa shape index (κ2) is 5.70. The van der Waals surface area contributed by atoms with Crippen LogP contribution in [0.4, 0.5) is 5.69 Å². The lowest BCUT2D eigenvalue weighted by Gasteiger charge is -1.99. The SMILES string of the molecule is NC(=S)NN=Cc1cccc([N+](=O)[O-])c1I. The van der Waals surface area contributed by atoms with Crippen LogP contribution >= 0.6 is 34.8 Å². The third-order valence-electron chi connectivity index (χ3n) is 1.58. The number of nitro groups is 1. The van der Waals surface area contributed by atoms with E-state index >= 15 is 0 Å². The van der Waals surface area contributed by atoms with Gasteiger partial charge in [0.2, 0.25) is 0 Å². The first kappa shape index (κ1) is 12.8. The number of nitrogens with two attached hydrogens (primary N) is 1. The molecule has 16 heavy (non-hydrogen) atoms. The Balaban J connectivity index is 2.97. The van der Waals surface area contributed by atoms with Gasteiger partial charge in [-0.1, -0.05) is 12.1 Å². The van der Waals surface area contributed by atoms with Crippen LogP contribution < -0.4 is 11.2 Å². The summed E-state index contributed by atoms with van der Waals surface area (Å²) in [5.41, 5.74) is 8.21. The first-order valence-corrected chi connectivity index (χ1v) is 5.52. The summed E-state index contributed by atoms with van der Waals surface area (Å²) in [5.74, 6) is 0. The summed E-state index contributed by atoms with van der Waals surface area (Å²) in [4.78, 5) is 10.2. The molecular formula is C8H7IN4O2S. The predicted molar refractivity (Wildman–Crippen MR) is 73.3 cm³/mol. The molecule has 0 saturated carbocycles. The third kappa shape index (κ3) is 3.38. The summed E-state index contributed by atoms with van der Waals surface area (Å²) in [6.07, 6.45) is 1.42. The molecule has 0 aliphatic carbocycles. The van der Waals surface area contributed by atoms with Gasteiger partial charge in [0.25, 0.3) is 5.69 Å². The second-order valence-electron chi connectivity index (χ2n) is 2.67. The van der Waals surface area contributed by atoms with E-state index < -0.39 is 4.92 Å². The number of nitrogens with one attached hydrogen (secondary N) is 1. The predicted octanol–water partition coefficient (Wildman–Crippen LogP) is 1.37. The highest BCUT2D eigenvalue weighted by molar-refractivity contribution is 14.1. The molecule has 0 aliphatic heterocycles. The van der Waals surface area contributed by atoms with E-state index in [4.69, 9.17) is 5.73 Å². The van der Waals surface area contributed by atoms with Crippen LogP contribution in [0.25, 0.3) is 0 Å². The molecule has 1 aromatic rings. The lowest BCUT2D eigenvalue weighted by Crippen LogP contribution is -2.24. The maximum Gasteiger partial charge on any atom is 0.283 e. The summed E-state index contributed by atoms with van der Waals surface area (Å²) in [7, 11) is 0. The first-order valence-electron chi connectivity index (χ1n) is 4.04. The molecule has 0 aromatic heterocycles. The van der Waals surface area contributed by atoms with Gasteiger partial charge in [0, 0.05) is 11.6 Å². The maximum absolute atomic E-state index is 10.7. The highest BCUT2D eigenvalue weighted by Crippen LogP contribution is 2.22. The van der Waals surface area contributed by atoms with E-state index in [-0.39, 0.29) is 10.8 Å². The number of nitrogens with zero attached hydrogens (tertiary/aromatic N) is 2. The second-order valence-corrected chi connectivity index (χ2v) is 4.19. The zero-order valence-electron chi connectivity index (χ0n) is 7.88. The molecule has 0 heterocycles. The molecule has 6 nitrogen and oxygen atoms in total. The van der Waals surface area contributed by atoms with Gasteiger partial charge < -0.3 is 5.73 Å². The molecule has 0 fully saturated rings. The summed E-state index contributed by atoms with van der Waals surface area (Å²) in [6.45, 7) is 0. The molecule has 84 valence electrons. The van der Waals surface area contributed by atoms with Gasteiger partial charge in [-0.3, -0.25) is 15.5 Å². The number of hydrazone groups is 1. The standard InChI is InChI=1S/C8H7IN4O2S/c9-7-5(4-11-12-8(10)16)2-1-3-6(7)13(14)15/h1-4H,(H3,10,12,16). The van der Waals surface area contributed by atoms with Gasteiger partial charge in [-0.25, -0.2) is 0 Å². The molecule has 0 amide bonds. The fourth-order valence-corrected chi connectivity index (χ4v) is 1.69. The van der Waals surface area contributed by atoms with Gasteiger partial charge in [-0.2, -0.15) is 5.10 Å². The molecule has 0 radical (unpaired) electrons. The van der Waals surface area contributed by atoms with Gasteiger partial charge >= 0.3 is 0 Å². The molecule has 8 heteroatoms. The Hall–Kier alpha value is -1.29. The Bertz CT molecular complexity index is 463. The van der Waals surface area contributed by atoms with Crippen molar-refractivity contribution in [2.45, 2.75) is 0 Å². The molecule has 1 rings (SSSR count). The van der Waals surface area contributed by atoms with Crippen LogP contribution in [0.3, 0.4) is 0 Å². The van der Waals surface area contributed by atoms with E-state index in [9.17, 15) is 10.1 Å².